The van der Waals surface area contributed by atoms with Gasteiger partial charge >= 0.3 is 0 Å². The lowest BCUT2D eigenvalue weighted by Gasteiger charge is -2.37. The highest BCUT2D eigenvalue weighted by atomic mass is 28.4. The molecular weight excluding hydrogens is 276 g/mol. The Morgan fingerprint density at radius 1 is 1.15 bits per heavy atom. The lowest BCUT2D eigenvalue weighted by molar-refractivity contribution is -0.222. The maximum Gasteiger partial charge on any atom is 0.192 e. The molecule has 2 fully saturated rings. The molecule has 0 bridgehead atoms. The summed E-state index contributed by atoms with van der Waals surface area (Å²) in [5.74, 6) is -0.671. The predicted octanol–water partition coefficient (Wildman–Crippen LogP) is 2.25. The van der Waals surface area contributed by atoms with Gasteiger partial charge in [-0.3, -0.25) is 0 Å². The highest BCUT2D eigenvalue weighted by Crippen LogP contribution is 2.40. The molecule has 0 spiro atoms. The number of aliphatic hydroxyl groups is 1. The van der Waals surface area contributed by atoms with Crippen molar-refractivity contribution in [1.82, 2.24) is 0 Å². The van der Waals surface area contributed by atoms with E-state index in [1.165, 1.54) is 0 Å². The van der Waals surface area contributed by atoms with Crippen molar-refractivity contribution >= 4 is 8.32 Å². The zero-order valence-corrected chi connectivity index (χ0v) is 14.6. The Hall–Kier alpha value is 0.0169. The van der Waals surface area contributed by atoms with Gasteiger partial charge in [-0.25, -0.2) is 0 Å². The molecule has 118 valence electrons. The van der Waals surface area contributed by atoms with Crippen LogP contribution in [0.25, 0.3) is 0 Å². The number of fused-ring (bicyclic) bond motifs is 1. The summed E-state index contributed by atoms with van der Waals surface area (Å²) in [6.07, 6.45) is -1.89. The molecule has 4 atom stereocenters. The summed E-state index contributed by atoms with van der Waals surface area (Å²) in [7, 11) is -1.83. The summed E-state index contributed by atoms with van der Waals surface area (Å²) >= 11 is 0. The van der Waals surface area contributed by atoms with E-state index in [0.29, 0.717) is 6.61 Å². The molecule has 20 heavy (non-hydrogen) atoms. The molecule has 0 radical (unpaired) electrons. The van der Waals surface area contributed by atoms with Crippen LogP contribution in [0.4, 0.5) is 0 Å². The van der Waals surface area contributed by atoms with Crippen LogP contribution >= 0.6 is 0 Å². The number of hydrogen-bond acceptors (Lipinski definition) is 5. The van der Waals surface area contributed by atoms with Crippen molar-refractivity contribution < 1.29 is 23.7 Å². The zero-order chi connectivity index (χ0) is 15.3. The van der Waals surface area contributed by atoms with Crippen molar-refractivity contribution in [2.45, 2.75) is 83.1 Å². The van der Waals surface area contributed by atoms with Gasteiger partial charge < -0.3 is 23.7 Å². The molecule has 1 N–H and O–H groups in total. The van der Waals surface area contributed by atoms with Gasteiger partial charge in [0, 0.05) is 0 Å². The van der Waals surface area contributed by atoms with Crippen LogP contribution in [0, 0.1) is 0 Å². The van der Waals surface area contributed by atoms with Gasteiger partial charge in [0.2, 0.25) is 0 Å². The number of rotatable bonds is 3. The number of hydrogen-bond donors (Lipinski definition) is 1. The van der Waals surface area contributed by atoms with Crippen LogP contribution in [0.15, 0.2) is 0 Å². The topological polar surface area (TPSA) is 57.2 Å². The summed E-state index contributed by atoms with van der Waals surface area (Å²) < 4.78 is 23.2. The Balaban J connectivity index is 1.98. The second-order valence-electron chi connectivity index (χ2n) is 7.70. The molecule has 1 unspecified atom stereocenters. The first kappa shape index (κ1) is 16.4. The molecule has 2 rings (SSSR count). The minimum atomic E-state index is -1.83. The quantitative estimate of drug-likeness (QED) is 0.810. The molecule has 0 aliphatic carbocycles. The Bertz CT molecular complexity index is 363. The predicted molar refractivity (Wildman–Crippen MR) is 77.9 cm³/mol. The minimum absolute atomic E-state index is 0.149. The highest BCUT2D eigenvalue weighted by molar-refractivity contribution is 6.74. The summed E-state index contributed by atoms with van der Waals surface area (Å²) in [5.41, 5.74) is 0. The maximum atomic E-state index is 9.92. The molecule has 0 amide bonds. The van der Waals surface area contributed by atoms with Crippen LogP contribution in [0.2, 0.25) is 18.1 Å². The first-order valence-electron chi connectivity index (χ1n) is 7.26. The van der Waals surface area contributed by atoms with Crippen LogP contribution in [0.5, 0.6) is 0 Å². The molecular formula is C14H28O5Si. The van der Waals surface area contributed by atoms with Crippen molar-refractivity contribution in [3.8, 4) is 0 Å². The third kappa shape index (κ3) is 3.10. The monoisotopic (exact) mass is 304 g/mol. The molecule has 0 saturated carbocycles. The van der Waals surface area contributed by atoms with Crippen molar-refractivity contribution in [2.75, 3.05) is 6.61 Å². The standard InChI is InChI=1S/C14H28O5Si/c1-13(2,3)20(6,7)16-8-9-10-11(12(15)17-9)19-14(4,5)18-10/h9-12,15H,8H2,1-7H3/t9?,10-,11-,12+/m1/s1. The van der Waals surface area contributed by atoms with E-state index in [1.54, 1.807) is 0 Å². The Kier molecular flexibility index (Phi) is 4.13. The van der Waals surface area contributed by atoms with Crippen LogP contribution < -0.4 is 0 Å². The van der Waals surface area contributed by atoms with Crippen LogP contribution in [0.1, 0.15) is 34.6 Å². The number of ether oxygens (including phenoxy) is 3. The van der Waals surface area contributed by atoms with E-state index >= 15 is 0 Å². The fraction of sp³-hybridized carbons (Fsp3) is 1.00. The summed E-state index contributed by atoms with van der Waals surface area (Å²) in [6.45, 7) is 15.1. The summed E-state index contributed by atoms with van der Waals surface area (Å²) in [6, 6.07) is 0. The van der Waals surface area contributed by atoms with Gasteiger partial charge in [0.1, 0.15) is 18.3 Å². The highest BCUT2D eigenvalue weighted by Gasteiger charge is 2.55. The lowest BCUT2D eigenvalue weighted by Crippen LogP contribution is -2.44. The molecule has 2 heterocycles. The summed E-state index contributed by atoms with van der Waals surface area (Å²) in [4.78, 5) is 0. The molecule has 5 nitrogen and oxygen atoms in total. The van der Waals surface area contributed by atoms with Crippen molar-refractivity contribution in [3.05, 3.63) is 0 Å². The van der Waals surface area contributed by atoms with Gasteiger partial charge in [-0.05, 0) is 32.0 Å². The molecule has 6 heteroatoms. The van der Waals surface area contributed by atoms with Crippen LogP contribution in [0.3, 0.4) is 0 Å². The lowest BCUT2D eigenvalue weighted by atomic mass is 10.1. The van der Waals surface area contributed by atoms with Crippen LogP contribution in [-0.2, 0) is 18.6 Å². The fourth-order valence-electron chi connectivity index (χ4n) is 2.30. The molecule has 2 aliphatic rings. The normalized spacial score (nSPS) is 37.2. The first-order valence-corrected chi connectivity index (χ1v) is 10.2. The van der Waals surface area contributed by atoms with Crippen molar-refractivity contribution in [3.63, 3.8) is 0 Å². The van der Waals surface area contributed by atoms with Gasteiger partial charge in [0.25, 0.3) is 0 Å². The Labute approximate surface area is 122 Å². The Morgan fingerprint density at radius 3 is 2.25 bits per heavy atom. The van der Waals surface area contributed by atoms with E-state index in [1.807, 2.05) is 13.8 Å². The van der Waals surface area contributed by atoms with E-state index in [9.17, 15) is 5.11 Å². The summed E-state index contributed by atoms with van der Waals surface area (Å²) in [5, 5.41) is 10.1. The number of aliphatic hydroxyl groups excluding tert-OH is 1. The van der Waals surface area contributed by atoms with Gasteiger partial charge in [0.05, 0.1) is 6.61 Å². The van der Waals surface area contributed by atoms with E-state index in [0.717, 1.165) is 0 Å². The van der Waals surface area contributed by atoms with Gasteiger partial charge in [-0.15, -0.1) is 0 Å². The minimum Gasteiger partial charge on any atom is -0.414 e. The van der Waals surface area contributed by atoms with E-state index in [2.05, 4.69) is 33.9 Å². The Morgan fingerprint density at radius 2 is 1.70 bits per heavy atom. The second kappa shape index (κ2) is 5.03. The molecule has 0 aromatic carbocycles. The maximum absolute atomic E-state index is 9.92. The van der Waals surface area contributed by atoms with E-state index in [-0.39, 0.29) is 17.2 Å². The second-order valence-corrected chi connectivity index (χ2v) is 12.5. The SMILES string of the molecule is CC1(C)O[C@@H]2[C@H](O1)C(CO[Si](C)(C)C(C)(C)C)O[C@@H]2O. The zero-order valence-electron chi connectivity index (χ0n) is 13.6. The smallest absolute Gasteiger partial charge is 0.192 e. The van der Waals surface area contributed by atoms with Gasteiger partial charge in [-0.2, -0.15) is 0 Å². The molecule has 2 aliphatic heterocycles. The average molecular weight is 304 g/mol. The largest absolute Gasteiger partial charge is 0.414 e. The molecule has 0 aromatic heterocycles. The first-order chi connectivity index (χ1) is 8.93. The van der Waals surface area contributed by atoms with Crippen molar-refractivity contribution in [2.24, 2.45) is 0 Å². The third-order valence-corrected chi connectivity index (χ3v) is 9.04. The van der Waals surface area contributed by atoms with E-state index < -0.39 is 26.5 Å². The molecule has 2 saturated heterocycles. The van der Waals surface area contributed by atoms with Crippen molar-refractivity contribution in [1.29, 1.82) is 0 Å². The van der Waals surface area contributed by atoms with Gasteiger partial charge in [0.15, 0.2) is 20.4 Å². The van der Waals surface area contributed by atoms with Crippen LogP contribution in [-0.4, -0.2) is 50.4 Å². The van der Waals surface area contributed by atoms with E-state index in [4.69, 9.17) is 18.6 Å². The third-order valence-electron chi connectivity index (χ3n) is 4.54. The fourth-order valence-corrected chi connectivity index (χ4v) is 3.31. The van der Waals surface area contributed by atoms with Gasteiger partial charge in [-0.1, -0.05) is 20.8 Å². The average Bonchev–Trinajstić information content (AvgIpc) is 2.70. The molecule has 0 aromatic rings.